The maximum absolute atomic E-state index is 5.68. The molecule has 16 heavy (non-hydrogen) atoms. The second-order valence-corrected chi connectivity index (χ2v) is 4.56. The third-order valence-corrected chi connectivity index (χ3v) is 3.33. The van der Waals surface area contributed by atoms with Crippen LogP contribution in [0, 0.1) is 6.92 Å². The minimum absolute atomic E-state index is 0.428. The number of rotatable bonds is 3. The summed E-state index contributed by atoms with van der Waals surface area (Å²) in [6, 6.07) is 8.64. The number of hydrogen-bond donors (Lipinski definition) is 0. The van der Waals surface area contributed by atoms with Crippen LogP contribution < -0.4 is 0 Å². The van der Waals surface area contributed by atoms with Crippen molar-refractivity contribution in [3.63, 3.8) is 0 Å². The van der Waals surface area contributed by atoms with Gasteiger partial charge in [-0.25, -0.2) is 0 Å². The van der Waals surface area contributed by atoms with Crippen molar-refractivity contribution in [3.8, 4) is 0 Å². The number of aryl methyl sites for hydroxylation is 1. The maximum atomic E-state index is 5.68. The fourth-order valence-electron chi connectivity index (χ4n) is 2.20. The summed E-state index contributed by atoms with van der Waals surface area (Å²) in [5.41, 5.74) is 2.83. The first-order valence-corrected chi connectivity index (χ1v) is 6.18. The van der Waals surface area contributed by atoms with E-state index >= 15 is 0 Å². The average Bonchev–Trinajstić information content (AvgIpc) is 2.32. The number of nitrogens with zero attached hydrogens (tertiary/aromatic N) is 1. The van der Waals surface area contributed by atoms with Gasteiger partial charge in [-0.15, -0.1) is 0 Å². The molecule has 2 heteroatoms. The van der Waals surface area contributed by atoms with E-state index in [2.05, 4.69) is 43.0 Å². The molecule has 1 atom stereocenters. The van der Waals surface area contributed by atoms with Gasteiger partial charge in [0.25, 0.3) is 0 Å². The zero-order chi connectivity index (χ0) is 11.4. The third kappa shape index (κ3) is 2.83. The Morgan fingerprint density at radius 3 is 2.94 bits per heavy atom. The van der Waals surface area contributed by atoms with Crippen LogP contribution in [0.4, 0.5) is 0 Å². The van der Waals surface area contributed by atoms with Crippen molar-refractivity contribution in [2.75, 3.05) is 19.7 Å². The molecule has 1 aliphatic heterocycles. The molecule has 1 aromatic rings. The molecule has 1 saturated heterocycles. The molecular formula is C14H21NO. The van der Waals surface area contributed by atoms with E-state index in [4.69, 9.17) is 4.74 Å². The molecule has 0 bridgehead atoms. The van der Waals surface area contributed by atoms with Crippen LogP contribution in [0.2, 0.25) is 0 Å². The molecule has 2 rings (SSSR count). The summed E-state index contributed by atoms with van der Waals surface area (Å²) in [6.07, 6.45) is 1.54. The predicted octanol–water partition coefficient (Wildman–Crippen LogP) is 2.61. The number of ether oxygens (including phenoxy) is 1. The Labute approximate surface area is 98.2 Å². The van der Waals surface area contributed by atoms with Gasteiger partial charge in [-0.3, -0.25) is 4.90 Å². The Hall–Kier alpha value is -0.860. The van der Waals surface area contributed by atoms with Gasteiger partial charge in [0.1, 0.15) is 0 Å². The second-order valence-electron chi connectivity index (χ2n) is 4.56. The van der Waals surface area contributed by atoms with Crippen molar-refractivity contribution < 1.29 is 4.74 Å². The van der Waals surface area contributed by atoms with E-state index < -0.39 is 0 Å². The van der Waals surface area contributed by atoms with E-state index in [0.29, 0.717) is 6.10 Å². The van der Waals surface area contributed by atoms with Crippen molar-refractivity contribution in [2.45, 2.75) is 32.9 Å². The Bertz CT molecular complexity index is 337. The molecule has 88 valence electrons. The summed E-state index contributed by atoms with van der Waals surface area (Å²) < 4.78 is 5.68. The quantitative estimate of drug-likeness (QED) is 0.775. The highest BCUT2D eigenvalue weighted by molar-refractivity contribution is 5.25. The van der Waals surface area contributed by atoms with Crippen LogP contribution >= 0.6 is 0 Å². The summed E-state index contributed by atoms with van der Waals surface area (Å²) >= 11 is 0. The van der Waals surface area contributed by atoms with Gasteiger partial charge < -0.3 is 4.74 Å². The molecule has 0 saturated carbocycles. The van der Waals surface area contributed by atoms with E-state index in [0.717, 1.165) is 32.7 Å². The minimum Gasteiger partial charge on any atom is -0.376 e. The zero-order valence-corrected chi connectivity index (χ0v) is 10.3. The number of benzene rings is 1. The van der Waals surface area contributed by atoms with Gasteiger partial charge in [-0.1, -0.05) is 31.2 Å². The number of morpholine rings is 1. The van der Waals surface area contributed by atoms with Crippen LogP contribution in [-0.4, -0.2) is 30.7 Å². The fourth-order valence-corrected chi connectivity index (χ4v) is 2.20. The van der Waals surface area contributed by atoms with Gasteiger partial charge in [-0.2, -0.15) is 0 Å². The Kier molecular flexibility index (Phi) is 3.97. The van der Waals surface area contributed by atoms with E-state index in [9.17, 15) is 0 Å². The SMILES string of the molecule is CC[C@H]1CN(Cc2ccccc2C)CCO1. The lowest BCUT2D eigenvalue weighted by Crippen LogP contribution is -2.41. The minimum atomic E-state index is 0.428. The van der Waals surface area contributed by atoms with Crippen molar-refractivity contribution >= 4 is 0 Å². The third-order valence-electron chi connectivity index (χ3n) is 3.33. The molecule has 1 aromatic carbocycles. The topological polar surface area (TPSA) is 12.5 Å². The first-order chi connectivity index (χ1) is 7.79. The first kappa shape index (κ1) is 11.6. The van der Waals surface area contributed by atoms with Crippen molar-refractivity contribution in [1.82, 2.24) is 4.90 Å². The van der Waals surface area contributed by atoms with Crippen LogP contribution in [0.1, 0.15) is 24.5 Å². The summed E-state index contributed by atoms with van der Waals surface area (Å²) in [6.45, 7) is 8.46. The molecule has 1 aliphatic rings. The van der Waals surface area contributed by atoms with Crippen LogP contribution in [0.5, 0.6) is 0 Å². The van der Waals surface area contributed by atoms with Gasteiger partial charge in [0.05, 0.1) is 12.7 Å². The molecule has 2 nitrogen and oxygen atoms in total. The summed E-state index contributed by atoms with van der Waals surface area (Å²) in [5, 5.41) is 0. The van der Waals surface area contributed by atoms with Gasteiger partial charge in [0.15, 0.2) is 0 Å². The van der Waals surface area contributed by atoms with E-state index in [1.165, 1.54) is 11.1 Å². The highest BCUT2D eigenvalue weighted by Gasteiger charge is 2.18. The van der Waals surface area contributed by atoms with Crippen LogP contribution in [-0.2, 0) is 11.3 Å². The molecule has 0 unspecified atom stereocenters. The fraction of sp³-hybridized carbons (Fsp3) is 0.571. The Morgan fingerprint density at radius 1 is 1.38 bits per heavy atom. The average molecular weight is 219 g/mol. The largest absolute Gasteiger partial charge is 0.376 e. The molecule has 1 fully saturated rings. The van der Waals surface area contributed by atoms with E-state index in [1.807, 2.05) is 0 Å². The maximum Gasteiger partial charge on any atom is 0.0700 e. The Balaban J connectivity index is 1.97. The van der Waals surface area contributed by atoms with Gasteiger partial charge in [0, 0.05) is 19.6 Å². The summed E-state index contributed by atoms with van der Waals surface area (Å²) in [5.74, 6) is 0. The standard InChI is InChI=1S/C14H21NO/c1-3-14-11-15(8-9-16-14)10-13-7-5-4-6-12(13)2/h4-7,14H,3,8-11H2,1-2H3/t14-/m0/s1. The summed E-state index contributed by atoms with van der Waals surface area (Å²) in [7, 11) is 0. The molecule has 0 aliphatic carbocycles. The van der Waals surface area contributed by atoms with E-state index in [-0.39, 0.29) is 0 Å². The smallest absolute Gasteiger partial charge is 0.0700 e. The van der Waals surface area contributed by atoms with Gasteiger partial charge >= 0.3 is 0 Å². The van der Waals surface area contributed by atoms with Crippen molar-refractivity contribution in [2.24, 2.45) is 0 Å². The molecule has 0 N–H and O–H groups in total. The van der Waals surface area contributed by atoms with Crippen LogP contribution in [0.25, 0.3) is 0 Å². The number of hydrogen-bond acceptors (Lipinski definition) is 2. The lowest BCUT2D eigenvalue weighted by molar-refractivity contribution is -0.0325. The molecule has 0 amide bonds. The van der Waals surface area contributed by atoms with Crippen molar-refractivity contribution in [3.05, 3.63) is 35.4 Å². The lowest BCUT2D eigenvalue weighted by Gasteiger charge is -2.32. The highest BCUT2D eigenvalue weighted by atomic mass is 16.5. The van der Waals surface area contributed by atoms with Crippen LogP contribution in [0.3, 0.4) is 0 Å². The zero-order valence-electron chi connectivity index (χ0n) is 10.3. The lowest BCUT2D eigenvalue weighted by atomic mass is 10.1. The molecular weight excluding hydrogens is 198 g/mol. The first-order valence-electron chi connectivity index (χ1n) is 6.18. The second kappa shape index (κ2) is 5.46. The van der Waals surface area contributed by atoms with Gasteiger partial charge in [0.2, 0.25) is 0 Å². The molecule has 0 radical (unpaired) electrons. The predicted molar refractivity (Wildman–Crippen MR) is 66.5 cm³/mol. The Morgan fingerprint density at radius 2 is 2.19 bits per heavy atom. The summed E-state index contributed by atoms with van der Waals surface area (Å²) in [4.78, 5) is 2.50. The van der Waals surface area contributed by atoms with E-state index in [1.54, 1.807) is 0 Å². The normalized spacial score (nSPS) is 22.2. The van der Waals surface area contributed by atoms with Crippen molar-refractivity contribution in [1.29, 1.82) is 0 Å². The van der Waals surface area contributed by atoms with Crippen LogP contribution in [0.15, 0.2) is 24.3 Å². The molecule has 0 spiro atoms. The molecule has 1 heterocycles. The monoisotopic (exact) mass is 219 g/mol. The highest BCUT2D eigenvalue weighted by Crippen LogP contribution is 2.14. The molecule has 0 aromatic heterocycles. The van der Waals surface area contributed by atoms with Gasteiger partial charge in [-0.05, 0) is 24.5 Å².